The van der Waals surface area contributed by atoms with Gasteiger partial charge in [-0.1, -0.05) is 61.8 Å². The molecule has 4 rings (SSSR count). The van der Waals surface area contributed by atoms with Crippen LogP contribution in [-0.2, 0) is 23.3 Å². The van der Waals surface area contributed by atoms with E-state index in [9.17, 15) is 9.59 Å². The number of primary amides is 1. The van der Waals surface area contributed by atoms with E-state index in [1.54, 1.807) is 39.9 Å². The predicted molar refractivity (Wildman–Crippen MR) is 127 cm³/mol. The molecule has 1 aliphatic rings. The van der Waals surface area contributed by atoms with Gasteiger partial charge in [-0.15, -0.1) is 0 Å². The molecule has 0 aliphatic carbocycles. The monoisotopic (exact) mass is 461 g/mol. The van der Waals surface area contributed by atoms with Gasteiger partial charge in [0.05, 0.1) is 30.9 Å². The molecule has 7 nitrogen and oxygen atoms in total. The summed E-state index contributed by atoms with van der Waals surface area (Å²) < 4.78 is 1.76. The van der Waals surface area contributed by atoms with E-state index in [2.05, 4.69) is 9.94 Å². The number of amides is 2. The van der Waals surface area contributed by atoms with E-state index < -0.39 is 11.3 Å². The molecule has 0 saturated heterocycles. The Morgan fingerprint density at radius 2 is 1.91 bits per heavy atom. The minimum Gasteiger partial charge on any atom is -0.365 e. The topological polar surface area (TPSA) is 85.6 Å². The summed E-state index contributed by atoms with van der Waals surface area (Å²) >= 11 is 6.13. The number of fused-ring (bicyclic) bond motifs is 1. The molecular formula is C25H24ClN5O2. The van der Waals surface area contributed by atoms with Crippen molar-refractivity contribution in [1.29, 1.82) is 0 Å². The molecule has 33 heavy (non-hydrogen) atoms. The Hall–Kier alpha value is -3.63. The second-order valence-corrected chi connectivity index (χ2v) is 9.24. The average molecular weight is 462 g/mol. The Morgan fingerprint density at radius 3 is 2.55 bits per heavy atom. The average Bonchev–Trinajstić information content (AvgIpc) is 3.18. The van der Waals surface area contributed by atoms with Crippen LogP contribution in [0.25, 0.3) is 16.1 Å². The van der Waals surface area contributed by atoms with E-state index in [0.29, 0.717) is 52.7 Å². The zero-order chi connectivity index (χ0) is 23.8. The first-order chi connectivity index (χ1) is 15.7. The lowest BCUT2D eigenvalue weighted by Crippen LogP contribution is -2.41. The molecule has 8 heteroatoms. The van der Waals surface area contributed by atoms with Gasteiger partial charge in [-0.3, -0.25) is 14.3 Å². The Labute approximate surface area is 197 Å². The van der Waals surface area contributed by atoms with Crippen LogP contribution in [0, 0.1) is 6.57 Å². The SMILES string of the molecule is [C-]#[N+]c1ccc(C(C)(C)CC(=O)N2CCn3nc(-c4cccc(Cl)c4)c(C(N)=O)c3C2)cc1. The van der Waals surface area contributed by atoms with Gasteiger partial charge < -0.3 is 10.6 Å². The number of rotatable bonds is 5. The molecule has 168 valence electrons. The molecule has 0 atom stereocenters. The highest BCUT2D eigenvalue weighted by Crippen LogP contribution is 2.32. The molecular weight excluding hydrogens is 438 g/mol. The number of benzene rings is 2. The third-order valence-electron chi connectivity index (χ3n) is 6.05. The van der Waals surface area contributed by atoms with E-state index in [0.717, 1.165) is 5.56 Å². The van der Waals surface area contributed by atoms with Crippen LogP contribution in [0.3, 0.4) is 0 Å². The van der Waals surface area contributed by atoms with E-state index in [-0.39, 0.29) is 12.5 Å². The summed E-state index contributed by atoms with van der Waals surface area (Å²) in [6, 6.07) is 14.5. The lowest BCUT2D eigenvalue weighted by atomic mass is 9.81. The Morgan fingerprint density at radius 1 is 1.18 bits per heavy atom. The molecule has 2 heterocycles. The van der Waals surface area contributed by atoms with E-state index in [1.807, 2.05) is 32.0 Å². The molecule has 0 fully saturated rings. The smallest absolute Gasteiger partial charge is 0.252 e. The van der Waals surface area contributed by atoms with Crippen LogP contribution in [0.4, 0.5) is 5.69 Å². The fraction of sp³-hybridized carbons (Fsp3) is 0.280. The van der Waals surface area contributed by atoms with Gasteiger partial charge in [0.1, 0.15) is 5.69 Å². The maximum Gasteiger partial charge on any atom is 0.252 e. The number of nitrogens with zero attached hydrogens (tertiary/aromatic N) is 4. The minimum atomic E-state index is -0.583. The highest BCUT2D eigenvalue weighted by Gasteiger charge is 2.32. The number of carbonyl (C=O) groups excluding carboxylic acids is 2. The van der Waals surface area contributed by atoms with Crippen LogP contribution in [-0.4, -0.2) is 33.0 Å². The van der Waals surface area contributed by atoms with Crippen molar-refractivity contribution in [1.82, 2.24) is 14.7 Å². The molecule has 0 spiro atoms. The van der Waals surface area contributed by atoms with Crippen LogP contribution in [0.5, 0.6) is 0 Å². The van der Waals surface area contributed by atoms with Crippen molar-refractivity contribution in [2.45, 2.75) is 38.8 Å². The number of hydrogen-bond donors (Lipinski definition) is 1. The highest BCUT2D eigenvalue weighted by molar-refractivity contribution is 6.30. The third kappa shape index (κ3) is 4.48. The summed E-state index contributed by atoms with van der Waals surface area (Å²) in [5, 5.41) is 5.15. The van der Waals surface area contributed by atoms with Crippen molar-refractivity contribution >= 4 is 29.1 Å². The fourth-order valence-electron chi connectivity index (χ4n) is 4.21. The maximum atomic E-state index is 13.2. The van der Waals surface area contributed by atoms with Crippen molar-refractivity contribution < 1.29 is 9.59 Å². The Bertz CT molecular complexity index is 1270. The summed E-state index contributed by atoms with van der Waals surface area (Å²) in [6.07, 6.45) is 0.297. The minimum absolute atomic E-state index is 0.0126. The van der Waals surface area contributed by atoms with Crippen molar-refractivity contribution in [3.63, 3.8) is 0 Å². The lowest BCUT2D eigenvalue weighted by Gasteiger charge is -2.32. The lowest BCUT2D eigenvalue weighted by molar-refractivity contribution is -0.133. The van der Waals surface area contributed by atoms with Crippen LogP contribution in [0.1, 0.15) is 41.9 Å². The van der Waals surface area contributed by atoms with Crippen molar-refractivity contribution in [3.8, 4) is 11.3 Å². The fourth-order valence-corrected chi connectivity index (χ4v) is 4.40. The highest BCUT2D eigenvalue weighted by atomic mass is 35.5. The van der Waals surface area contributed by atoms with Crippen LogP contribution in [0.2, 0.25) is 5.02 Å². The zero-order valence-corrected chi connectivity index (χ0v) is 19.3. The summed E-state index contributed by atoms with van der Waals surface area (Å²) in [7, 11) is 0. The number of nitrogens with two attached hydrogens (primary N) is 1. The maximum absolute atomic E-state index is 13.2. The van der Waals surface area contributed by atoms with Crippen LogP contribution < -0.4 is 5.73 Å². The molecule has 0 radical (unpaired) electrons. The molecule has 1 aromatic heterocycles. The first-order valence-electron chi connectivity index (χ1n) is 10.6. The summed E-state index contributed by atoms with van der Waals surface area (Å²) in [5.74, 6) is -0.595. The van der Waals surface area contributed by atoms with Gasteiger partial charge in [-0.25, -0.2) is 4.85 Å². The molecule has 0 unspecified atom stereocenters. The van der Waals surface area contributed by atoms with E-state index >= 15 is 0 Å². The zero-order valence-electron chi connectivity index (χ0n) is 18.5. The third-order valence-corrected chi connectivity index (χ3v) is 6.28. The van der Waals surface area contributed by atoms with Crippen LogP contribution in [0.15, 0.2) is 48.5 Å². The number of aromatic nitrogens is 2. The molecule has 2 amide bonds. The van der Waals surface area contributed by atoms with Crippen molar-refractivity contribution in [3.05, 3.63) is 81.8 Å². The number of halogens is 1. The van der Waals surface area contributed by atoms with Gasteiger partial charge in [-0.05, 0) is 23.1 Å². The molecule has 0 bridgehead atoms. The normalized spacial score (nSPS) is 13.3. The van der Waals surface area contributed by atoms with Crippen molar-refractivity contribution in [2.24, 2.45) is 5.73 Å². The van der Waals surface area contributed by atoms with E-state index in [1.165, 1.54) is 0 Å². The Balaban J connectivity index is 1.58. The number of carbonyl (C=O) groups is 2. The van der Waals surface area contributed by atoms with Gasteiger partial charge in [0.15, 0.2) is 5.69 Å². The summed E-state index contributed by atoms with van der Waals surface area (Å²) in [5.41, 5.74) is 9.03. The molecule has 1 aliphatic heterocycles. The number of hydrogen-bond acceptors (Lipinski definition) is 3. The Kier molecular flexibility index (Phi) is 5.96. The standard InChI is InChI=1S/C25H24ClN5O2/c1-25(2,17-7-9-19(28-3)10-8-17)14-21(32)30-11-12-31-20(15-30)22(24(27)33)23(29-31)16-5-4-6-18(26)13-16/h4-10,13H,11-12,14-15H2,1-2H3,(H2,27,33). The van der Waals surface area contributed by atoms with Gasteiger partial charge in [0.25, 0.3) is 5.91 Å². The van der Waals surface area contributed by atoms with Gasteiger partial charge in [0.2, 0.25) is 5.91 Å². The summed E-state index contributed by atoms with van der Waals surface area (Å²) in [6.45, 7) is 12.4. The van der Waals surface area contributed by atoms with E-state index in [4.69, 9.17) is 23.9 Å². The predicted octanol–water partition coefficient (Wildman–Crippen LogP) is 4.56. The van der Waals surface area contributed by atoms with Crippen LogP contribution >= 0.6 is 11.6 Å². The molecule has 3 aromatic rings. The molecule has 0 saturated carbocycles. The quantitative estimate of drug-likeness (QED) is 0.565. The molecule has 2 N–H and O–H groups in total. The van der Waals surface area contributed by atoms with Gasteiger partial charge in [0, 0.05) is 23.6 Å². The second kappa shape index (κ2) is 8.72. The summed E-state index contributed by atoms with van der Waals surface area (Å²) in [4.78, 5) is 30.8. The largest absolute Gasteiger partial charge is 0.365 e. The molecule has 2 aromatic carbocycles. The first-order valence-corrected chi connectivity index (χ1v) is 11.0. The second-order valence-electron chi connectivity index (χ2n) is 8.80. The van der Waals surface area contributed by atoms with Crippen molar-refractivity contribution in [2.75, 3.05) is 6.54 Å². The first kappa shape index (κ1) is 22.6. The van der Waals surface area contributed by atoms with Gasteiger partial charge in [-0.2, -0.15) is 5.10 Å². The van der Waals surface area contributed by atoms with Gasteiger partial charge >= 0.3 is 0 Å².